The predicted octanol–water partition coefficient (Wildman–Crippen LogP) is 1.51. The molecule has 0 radical (unpaired) electrons. The summed E-state index contributed by atoms with van der Waals surface area (Å²) in [5, 5.41) is 4.16. The number of nitrogen functional groups attached to an aromatic ring is 1. The first-order valence-electron chi connectivity index (χ1n) is 8.45. The Hall–Kier alpha value is -2.74. The summed E-state index contributed by atoms with van der Waals surface area (Å²) in [6, 6.07) is 2.34. The third kappa shape index (κ3) is 3.12. The van der Waals surface area contributed by atoms with E-state index in [0.29, 0.717) is 23.5 Å². The van der Waals surface area contributed by atoms with Gasteiger partial charge in [0.1, 0.15) is 5.82 Å². The minimum absolute atomic E-state index is 0.377. The van der Waals surface area contributed by atoms with E-state index >= 15 is 0 Å². The van der Waals surface area contributed by atoms with Gasteiger partial charge in [-0.15, -0.1) is 0 Å². The van der Waals surface area contributed by atoms with Gasteiger partial charge in [0.2, 0.25) is 5.95 Å². The van der Waals surface area contributed by atoms with Crippen LogP contribution in [0.2, 0.25) is 0 Å². The van der Waals surface area contributed by atoms with E-state index in [9.17, 15) is 0 Å². The summed E-state index contributed by atoms with van der Waals surface area (Å²) in [4.78, 5) is 19.9. The van der Waals surface area contributed by atoms with Crippen LogP contribution < -0.4 is 11.1 Å². The number of pyridine rings is 1. The molecule has 1 fully saturated rings. The molecule has 3 aromatic heterocycles. The molecule has 0 aliphatic carbocycles. The normalized spacial score (nSPS) is 16.4. The lowest BCUT2D eigenvalue weighted by molar-refractivity contribution is 0.263. The quantitative estimate of drug-likeness (QED) is 0.747. The first-order valence-corrected chi connectivity index (χ1v) is 8.45. The molecule has 0 amide bonds. The number of aryl methyl sites for hydroxylation is 1. The minimum atomic E-state index is 0.377. The summed E-state index contributed by atoms with van der Waals surface area (Å²) < 4.78 is 1.94. The van der Waals surface area contributed by atoms with Crippen molar-refractivity contribution in [1.29, 1.82) is 0 Å². The number of anilines is 2. The Morgan fingerprint density at radius 1 is 1.16 bits per heavy atom. The van der Waals surface area contributed by atoms with E-state index < -0.39 is 0 Å². The van der Waals surface area contributed by atoms with Crippen LogP contribution in [0.5, 0.6) is 0 Å². The zero-order chi connectivity index (χ0) is 17.4. The molecule has 3 N–H and O–H groups in total. The van der Waals surface area contributed by atoms with Gasteiger partial charge in [-0.05, 0) is 39.0 Å². The van der Waals surface area contributed by atoms with Crippen molar-refractivity contribution < 1.29 is 0 Å². The molecule has 1 saturated heterocycles. The van der Waals surface area contributed by atoms with E-state index in [1.165, 1.54) is 0 Å². The molecule has 4 heterocycles. The van der Waals surface area contributed by atoms with E-state index in [2.05, 4.69) is 37.2 Å². The second kappa shape index (κ2) is 6.29. The molecule has 1 aliphatic heterocycles. The fourth-order valence-corrected chi connectivity index (χ4v) is 3.21. The highest BCUT2D eigenvalue weighted by molar-refractivity contribution is 5.89. The monoisotopic (exact) mass is 338 g/mol. The van der Waals surface area contributed by atoms with E-state index in [0.717, 1.165) is 42.6 Å². The SMILES string of the molecule is CN1CCC(Nc2nc(N)c3cc(-c4cncn4C)cnc3n2)CC1. The van der Waals surface area contributed by atoms with Gasteiger partial charge in [0.25, 0.3) is 0 Å². The van der Waals surface area contributed by atoms with Crippen LogP contribution in [0, 0.1) is 0 Å². The Labute approximate surface area is 146 Å². The average Bonchev–Trinajstić information content (AvgIpc) is 3.03. The fraction of sp³-hybridized carbons (Fsp3) is 0.412. The van der Waals surface area contributed by atoms with E-state index in [1.807, 2.05) is 17.7 Å². The molecule has 0 unspecified atom stereocenters. The third-order valence-electron chi connectivity index (χ3n) is 4.75. The Bertz CT molecular complexity index is 895. The second-order valence-corrected chi connectivity index (χ2v) is 6.64. The molecule has 4 rings (SSSR count). The van der Waals surface area contributed by atoms with Crippen molar-refractivity contribution in [3.63, 3.8) is 0 Å². The molecule has 130 valence electrons. The van der Waals surface area contributed by atoms with Crippen LogP contribution in [-0.2, 0) is 7.05 Å². The van der Waals surface area contributed by atoms with Crippen molar-refractivity contribution in [3.8, 4) is 11.3 Å². The molecule has 0 bridgehead atoms. The zero-order valence-corrected chi connectivity index (χ0v) is 14.5. The number of hydrogen-bond acceptors (Lipinski definition) is 7. The van der Waals surface area contributed by atoms with Crippen molar-refractivity contribution >= 4 is 22.8 Å². The van der Waals surface area contributed by atoms with Crippen LogP contribution in [0.3, 0.4) is 0 Å². The average molecular weight is 338 g/mol. The number of piperidine rings is 1. The number of fused-ring (bicyclic) bond motifs is 1. The first kappa shape index (κ1) is 15.8. The highest BCUT2D eigenvalue weighted by Crippen LogP contribution is 2.25. The van der Waals surface area contributed by atoms with Crippen molar-refractivity contribution in [3.05, 3.63) is 24.8 Å². The number of hydrogen-bond donors (Lipinski definition) is 2. The molecular weight excluding hydrogens is 316 g/mol. The van der Waals surface area contributed by atoms with Gasteiger partial charge in [-0.25, -0.2) is 9.97 Å². The minimum Gasteiger partial charge on any atom is -0.383 e. The summed E-state index contributed by atoms with van der Waals surface area (Å²) in [5.74, 6) is 0.997. The van der Waals surface area contributed by atoms with Crippen molar-refractivity contribution in [2.45, 2.75) is 18.9 Å². The lowest BCUT2D eigenvalue weighted by Gasteiger charge is -2.29. The number of likely N-dealkylation sites (tertiary alicyclic amines) is 1. The predicted molar refractivity (Wildman–Crippen MR) is 98.1 cm³/mol. The van der Waals surface area contributed by atoms with Crippen LogP contribution >= 0.6 is 0 Å². The van der Waals surface area contributed by atoms with Crippen LogP contribution in [0.25, 0.3) is 22.3 Å². The molecule has 0 saturated carbocycles. The zero-order valence-electron chi connectivity index (χ0n) is 14.5. The Balaban J connectivity index is 1.63. The summed E-state index contributed by atoms with van der Waals surface area (Å²) in [6.07, 6.45) is 7.50. The number of nitrogens with zero attached hydrogens (tertiary/aromatic N) is 6. The molecule has 0 atom stereocenters. The summed E-state index contributed by atoms with van der Waals surface area (Å²) >= 11 is 0. The molecule has 3 aromatic rings. The number of nitrogens with one attached hydrogen (secondary N) is 1. The molecule has 25 heavy (non-hydrogen) atoms. The van der Waals surface area contributed by atoms with Crippen molar-refractivity contribution in [2.75, 3.05) is 31.2 Å². The van der Waals surface area contributed by atoms with Crippen molar-refractivity contribution in [1.82, 2.24) is 29.4 Å². The maximum atomic E-state index is 6.18. The van der Waals surface area contributed by atoms with Gasteiger partial charge >= 0.3 is 0 Å². The van der Waals surface area contributed by atoms with E-state index in [4.69, 9.17) is 5.73 Å². The Morgan fingerprint density at radius 2 is 1.96 bits per heavy atom. The summed E-state index contributed by atoms with van der Waals surface area (Å²) in [7, 11) is 4.09. The fourth-order valence-electron chi connectivity index (χ4n) is 3.21. The topological polar surface area (TPSA) is 97.8 Å². The highest BCUT2D eigenvalue weighted by Gasteiger charge is 2.18. The van der Waals surface area contributed by atoms with Gasteiger partial charge in [-0.2, -0.15) is 9.97 Å². The highest BCUT2D eigenvalue weighted by atomic mass is 15.2. The van der Waals surface area contributed by atoms with Gasteiger partial charge in [0.05, 0.1) is 23.6 Å². The van der Waals surface area contributed by atoms with Crippen LogP contribution in [0.15, 0.2) is 24.8 Å². The van der Waals surface area contributed by atoms with Gasteiger partial charge in [-0.3, -0.25) is 0 Å². The maximum absolute atomic E-state index is 6.18. The lowest BCUT2D eigenvalue weighted by Crippen LogP contribution is -2.37. The van der Waals surface area contributed by atoms with E-state index in [-0.39, 0.29) is 0 Å². The van der Waals surface area contributed by atoms with Gasteiger partial charge in [0.15, 0.2) is 5.65 Å². The summed E-state index contributed by atoms with van der Waals surface area (Å²) in [5.41, 5.74) is 8.71. The Kier molecular flexibility index (Phi) is 3.96. The number of nitrogens with two attached hydrogens (primary N) is 1. The van der Waals surface area contributed by atoms with Gasteiger partial charge in [-0.1, -0.05) is 0 Å². The molecule has 0 aromatic carbocycles. The standard InChI is InChI=1S/C17H22N8/c1-24-5-3-12(4-6-24)21-17-22-15(18)13-7-11(8-20-16(13)23-17)14-9-19-10-25(14)2/h7-10,12H,3-6H2,1-2H3,(H3,18,20,21,22,23). The molecular formula is C17H22N8. The molecule has 8 nitrogen and oxygen atoms in total. The summed E-state index contributed by atoms with van der Waals surface area (Å²) in [6.45, 7) is 2.15. The van der Waals surface area contributed by atoms with Crippen LogP contribution in [0.4, 0.5) is 11.8 Å². The molecule has 0 spiro atoms. The van der Waals surface area contributed by atoms with Gasteiger partial charge < -0.3 is 20.5 Å². The second-order valence-electron chi connectivity index (χ2n) is 6.64. The number of rotatable bonds is 3. The lowest BCUT2D eigenvalue weighted by atomic mass is 10.1. The number of imidazole rings is 1. The third-order valence-corrected chi connectivity index (χ3v) is 4.75. The smallest absolute Gasteiger partial charge is 0.226 e. The van der Waals surface area contributed by atoms with Crippen LogP contribution in [-0.4, -0.2) is 55.6 Å². The largest absolute Gasteiger partial charge is 0.383 e. The van der Waals surface area contributed by atoms with Gasteiger partial charge in [0, 0.05) is 24.8 Å². The Morgan fingerprint density at radius 3 is 2.68 bits per heavy atom. The maximum Gasteiger partial charge on any atom is 0.226 e. The molecule has 8 heteroatoms. The van der Waals surface area contributed by atoms with Crippen molar-refractivity contribution in [2.24, 2.45) is 7.05 Å². The number of aromatic nitrogens is 5. The molecule has 1 aliphatic rings. The van der Waals surface area contributed by atoms with Crippen LogP contribution in [0.1, 0.15) is 12.8 Å². The van der Waals surface area contributed by atoms with E-state index in [1.54, 1.807) is 18.7 Å². The first-order chi connectivity index (χ1) is 12.1.